The van der Waals surface area contributed by atoms with Crippen molar-refractivity contribution in [2.75, 3.05) is 6.61 Å². The van der Waals surface area contributed by atoms with Crippen LogP contribution in [0.25, 0.3) is 0 Å². The van der Waals surface area contributed by atoms with Crippen LogP contribution >= 0.6 is 0 Å². The van der Waals surface area contributed by atoms with Crippen molar-refractivity contribution in [3.05, 3.63) is 0 Å². The van der Waals surface area contributed by atoms with Crippen LogP contribution in [0.5, 0.6) is 0 Å². The van der Waals surface area contributed by atoms with E-state index in [0.717, 1.165) is 19.3 Å². The number of aliphatic hydroxyl groups excluding tert-OH is 1. The highest BCUT2D eigenvalue weighted by Crippen LogP contribution is 2.74. The molecule has 0 aromatic carbocycles. The van der Waals surface area contributed by atoms with Gasteiger partial charge in [0.05, 0.1) is 0 Å². The molecule has 3 saturated carbocycles. The molecule has 0 aliphatic heterocycles. The lowest BCUT2D eigenvalue weighted by molar-refractivity contribution is -0.152. The number of hydrogen-bond acceptors (Lipinski definition) is 2. The highest BCUT2D eigenvalue weighted by atomic mass is 16.3. The lowest BCUT2D eigenvalue weighted by Crippen LogP contribution is -2.55. The van der Waals surface area contributed by atoms with Crippen molar-refractivity contribution in [3.8, 4) is 0 Å². The van der Waals surface area contributed by atoms with E-state index in [-0.39, 0.29) is 22.9 Å². The van der Waals surface area contributed by atoms with E-state index >= 15 is 0 Å². The molecule has 2 bridgehead atoms. The third-order valence-electron chi connectivity index (χ3n) is 6.46. The lowest BCUT2D eigenvalue weighted by atomic mass is 9.48. The molecule has 0 aromatic heterocycles. The van der Waals surface area contributed by atoms with Crippen molar-refractivity contribution in [2.45, 2.75) is 52.4 Å². The van der Waals surface area contributed by atoms with Crippen molar-refractivity contribution >= 4 is 5.78 Å². The highest BCUT2D eigenvalue weighted by Gasteiger charge is 2.73. The Hall–Kier alpha value is -0.370. The molecule has 90 valence electrons. The minimum atomic E-state index is -0.183. The van der Waals surface area contributed by atoms with Crippen LogP contribution in [0.2, 0.25) is 0 Å². The maximum atomic E-state index is 12.5. The highest BCUT2D eigenvalue weighted by molar-refractivity contribution is 5.91. The van der Waals surface area contributed by atoms with E-state index in [1.54, 1.807) is 0 Å². The first-order valence-electron chi connectivity index (χ1n) is 6.64. The van der Waals surface area contributed by atoms with Gasteiger partial charge in [-0.2, -0.15) is 0 Å². The van der Waals surface area contributed by atoms with Gasteiger partial charge in [-0.15, -0.1) is 0 Å². The zero-order valence-corrected chi connectivity index (χ0v) is 10.4. The van der Waals surface area contributed by atoms with Crippen LogP contribution in [-0.4, -0.2) is 17.5 Å². The van der Waals surface area contributed by atoms with E-state index in [2.05, 4.69) is 13.8 Å². The number of Topliss-reactive ketones (excluding diaryl/α,β-unsaturated/α-hetero) is 1. The molecular weight excluding hydrogens is 200 g/mol. The van der Waals surface area contributed by atoms with E-state index in [4.69, 9.17) is 0 Å². The average Bonchev–Trinajstić information content (AvgIpc) is 2.66. The Morgan fingerprint density at radius 2 is 2.06 bits per heavy atom. The minimum absolute atomic E-state index is 0.150. The summed E-state index contributed by atoms with van der Waals surface area (Å²) in [4.78, 5) is 12.5. The Morgan fingerprint density at radius 3 is 2.69 bits per heavy atom. The van der Waals surface area contributed by atoms with Crippen molar-refractivity contribution in [1.82, 2.24) is 0 Å². The number of ketones is 1. The molecule has 0 unspecified atom stereocenters. The zero-order valence-electron chi connectivity index (χ0n) is 10.4. The van der Waals surface area contributed by atoms with Gasteiger partial charge in [0.1, 0.15) is 5.78 Å². The first-order chi connectivity index (χ1) is 7.50. The van der Waals surface area contributed by atoms with Crippen LogP contribution in [-0.2, 0) is 4.79 Å². The monoisotopic (exact) mass is 222 g/mol. The van der Waals surface area contributed by atoms with E-state index in [9.17, 15) is 9.90 Å². The average molecular weight is 222 g/mol. The van der Waals surface area contributed by atoms with E-state index < -0.39 is 0 Å². The fraction of sp³-hybridized carbons (Fsp3) is 0.929. The fourth-order valence-corrected chi connectivity index (χ4v) is 5.55. The SMILES string of the molecule is C[C@@]1(CO)CCC[C@]2(C)[C@@H]3CC[C@@]12C(=O)C3. The van der Waals surface area contributed by atoms with Gasteiger partial charge in [0.2, 0.25) is 0 Å². The van der Waals surface area contributed by atoms with Crippen molar-refractivity contribution in [3.63, 3.8) is 0 Å². The minimum Gasteiger partial charge on any atom is -0.396 e. The van der Waals surface area contributed by atoms with Crippen LogP contribution in [0.3, 0.4) is 0 Å². The molecule has 0 aromatic rings. The van der Waals surface area contributed by atoms with E-state index in [1.807, 2.05) is 0 Å². The summed E-state index contributed by atoms with van der Waals surface area (Å²) < 4.78 is 0. The second-order valence-corrected chi connectivity index (χ2v) is 6.76. The Balaban J connectivity index is 2.18. The number of carbonyl (C=O) groups excluding carboxylic acids is 1. The Labute approximate surface area is 97.4 Å². The third-order valence-corrected chi connectivity index (χ3v) is 6.46. The number of rotatable bonds is 1. The summed E-state index contributed by atoms with van der Waals surface area (Å²) in [6.45, 7) is 4.65. The van der Waals surface area contributed by atoms with Gasteiger partial charge in [-0.05, 0) is 37.0 Å². The summed E-state index contributed by atoms with van der Waals surface area (Å²) in [7, 11) is 0. The Bertz CT molecular complexity index is 351. The Morgan fingerprint density at radius 1 is 1.31 bits per heavy atom. The van der Waals surface area contributed by atoms with Crippen LogP contribution in [0.1, 0.15) is 52.4 Å². The third kappa shape index (κ3) is 0.848. The largest absolute Gasteiger partial charge is 0.396 e. The van der Waals surface area contributed by atoms with E-state index in [1.165, 1.54) is 19.3 Å². The molecule has 3 fully saturated rings. The second kappa shape index (κ2) is 2.90. The van der Waals surface area contributed by atoms with Gasteiger partial charge in [-0.3, -0.25) is 4.79 Å². The molecule has 2 nitrogen and oxygen atoms in total. The molecule has 3 aliphatic carbocycles. The predicted molar refractivity (Wildman–Crippen MR) is 61.9 cm³/mol. The van der Waals surface area contributed by atoms with Crippen LogP contribution < -0.4 is 0 Å². The standard InChI is InChI=1S/C14H22O2/c1-12(9-15)5-3-6-13(2)10-4-7-14(12,13)11(16)8-10/h10,15H,3-9H2,1-2H3/t10-,12+,13-,14-/m1/s1. The summed E-state index contributed by atoms with van der Waals surface area (Å²) in [6.07, 6.45) is 6.42. The van der Waals surface area contributed by atoms with Gasteiger partial charge in [0.25, 0.3) is 0 Å². The number of carbonyl (C=O) groups is 1. The quantitative estimate of drug-likeness (QED) is 0.740. The molecular formula is C14H22O2. The smallest absolute Gasteiger partial charge is 0.140 e. The van der Waals surface area contributed by atoms with Gasteiger partial charge >= 0.3 is 0 Å². The molecule has 0 saturated heterocycles. The molecule has 16 heavy (non-hydrogen) atoms. The number of aliphatic hydroxyl groups is 1. The molecule has 0 spiro atoms. The predicted octanol–water partition coefficient (Wildman–Crippen LogP) is 2.54. The molecule has 3 rings (SSSR count). The fourth-order valence-electron chi connectivity index (χ4n) is 5.55. The number of hydrogen-bond donors (Lipinski definition) is 1. The summed E-state index contributed by atoms with van der Waals surface area (Å²) in [5.41, 5.74) is -0.139. The van der Waals surface area contributed by atoms with Gasteiger partial charge in [-0.25, -0.2) is 0 Å². The molecule has 3 aliphatic rings. The van der Waals surface area contributed by atoms with E-state index in [0.29, 0.717) is 11.7 Å². The van der Waals surface area contributed by atoms with Gasteiger partial charge in [0.15, 0.2) is 0 Å². The van der Waals surface area contributed by atoms with Crippen LogP contribution in [0.4, 0.5) is 0 Å². The maximum Gasteiger partial charge on any atom is 0.140 e. The lowest BCUT2D eigenvalue weighted by Gasteiger charge is -2.55. The summed E-state index contributed by atoms with van der Waals surface area (Å²) >= 11 is 0. The summed E-state index contributed by atoms with van der Waals surface area (Å²) in [6, 6.07) is 0. The Kier molecular flexibility index (Phi) is 1.95. The second-order valence-electron chi connectivity index (χ2n) is 6.76. The van der Waals surface area contributed by atoms with Gasteiger partial charge < -0.3 is 5.11 Å². The van der Waals surface area contributed by atoms with Crippen molar-refractivity contribution in [1.29, 1.82) is 0 Å². The van der Waals surface area contributed by atoms with Gasteiger partial charge in [-0.1, -0.05) is 20.3 Å². The van der Waals surface area contributed by atoms with Crippen LogP contribution in [0, 0.1) is 22.2 Å². The first-order valence-corrected chi connectivity index (χ1v) is 6.64. The summed E-state index contributed by atoms with van der Waals surface area (Å²) in [5.74, 6) is 1.06. The molecule has 1 N–H and O–H groups in total. The molecule has 0 amide bonds. The van der Waals surface area contributed by atoms with Crippen molar-refractivity contribution < 1.29 is 9.90 Å². The molecule has 0 radical (unpaired) electrons. The molecule has 4 atom stereocenters. The van der Waals surface area contributed by atoms with Gasteiger partial charge in [0, 0.05) is 23.9 Å². The maximum absolute atomic E-state index is 12.5. The first kappa shape index (κ1) is 10.8. The topological polar surface area (TPSA) is 37.3 Å². The van der Waals surface area contributed by atoms with Crippen LogP contribution in [0.15, 0.2) is 0 Å². The molecule has 2 heteroatoms. The normalized spacial score (nSPS) is 55.4. The summed E-state index contributed by atoms with van der Waals surface area (Å²) in [5, 5.41) is 9.79. The van der Waals surface area contributed by atoms with Crippen molar-refractivity contribution in [2.24, 2.45) is 22.2 Å². The molecule has 0 heterocycles. The zero-order chi connectivity index (χ0) is 11.6.